The summed E-state index contributed by atoms with van der Waals surface area (Å²) in [6.07, 6.45) is 1.53. The summed E-state index contributed by atoms with van der Waals surface area (Å²) >= 11 is 0. The van der Waals surface area contributed by atoms with Crippen LogP contribution in [0.4, 0.5) is 4.79 Å². The van der Waals surface area contributed by atoms with Crippen molar-refractivity contribution in [1.82, 2.24) is 15.5 Å². The SMILES string of the molecule is CCCCN1C(=O)c2ccc(C(=O)OCC(=O)NC(=O)NCC(C)C)cc2C1=O. The molecule has 9 nitrogen and oxygen atoms in total. The van der Waals surface area contributed by atoms with Crippen LogP contribution in [0.5, 0.6) is 0 Å². The predicted octanol–water partition coefficient (Wildman–Crippen LogP) is 1.72. The van der Waals surface area contributed by atoms with Gasteiger partial charge in [0.2, 0.25) is 0 Å². The molecule has 1 heterocycles. The Hall–Kier alpha value is -3.23. The average Bonchev–Trinajstić information content (AvgIpc) is 2.92. The van der Waals surface area contributed by atoms with Gasteiger partial charge < -0.3 is 10.1 Å². The summed E-state index contributed by atoms with van der Waals surface area (Å²) in [4.78, 5) is 61.3. The number of esters is 1. The predicted molar refractivity (Wildman–Crippen MR) is 103 cm³/mol. The molecule has 0 saturated carbocycles. The van der Waals surface area contributed by atoms with Crippen molar-refractivity contribution >= 4 is 29.7 Å². The van der Waals surface area contributed by atoms with E-state index in [1.807, 2.05) is 20.8 Å². The number of urea groups is 1. The standard InChI is InChI=1S/C20H25N3O6/c1-4-5-8-23-17(25)14-7-6-13(9-15(14)18(23)26)19(27)29-11-16(24)22-20(28)21-10-12(2)3/h6-7,9,12H,4-5,8,10-11H2,1-3H3,(H2,21,22,24,28). The Morgan fingerprint density at radius 1 is 1.10 bits per heavy atom. The highest BCUT2D eigenvalue weighted by Crippen LogP contribution is 2.24. The number of unbranched alkanes of at least 4 members (excludes halogenated alkanes) is 1. The topological polar surface area (TPSA) is 122 Å². The summed E-state index contributed by atoms with van der Waals surface area (Å²) in [5, 5.41) is 4.55. The molecule has 29 heavy (non-hydrogen) atoms. The van der Waals surface area contributed by atoms with Gasteiger partial charge in [-0.1, -0.05) is 27.2 Å². The number of nitrogens with one attached hydrogen (secondary N) is 2. The zero-order valence-corrected chi connectivity index (χ0v) is 16.7. The summed E-state index contributed by atoms with van der Waals surface area (Å²) in [6.45, 7) is 5.83. The number of ether oxygens (including phenoxy) is 1. The zero-order valence-electron chi connectivity index (χ0n) is 16.7. The number of carbonyl (C=O) groups is 5. The Morgan fingerprint density at radius 3 is 2.45 bits per heavy atom. The van der Waals surface area contributed by atoms with E-state index in [0.717, 1.165) is 11.3 Å². The van der Waals surface area contributed by atoms with E-state index in [-0.39, 0.29) is 28.5 Å². The molecular weight excluding hydrogens is 378 g/mol. The van der Waals surface area contributed by atoms with Crippen LogP contribution in [0.2, 0.25) is 0 Å². The van der Waals surface area contributed by atoms with Crippen LogP contribution in [0, 0.1) is 5.92 Å². The van der Waals surface area contributed by atoms with Gasteiger partial charge in [-0.05, 0) is 30.5 Å². The van der Waals surface area contributed by atoms with E-state index in [0.29, 0.717) is 19.5 Å². The molecule has 0 fully saturated rings. The second-order valence-electron chi connectivity index (χ2n) is 7.10. The summed E-state index contributed by atoms with van der Waals surface area (Å²) in [5.41, 5.74) is 0.416. The normalized spacial score (nSPS) is 12.8. The highest BCUT2D eigenvalue weighted by Gasteiger charge is 2.35. The fourth-order valence-electron chi connectivity index (χ4n) is 2.66. The highest BCUT2D eigenvalue weighted by molar-refractivity contribution is 6.22. The van der Waals surface area contributed by atoms with Gasteiger partial charge in [0.05, 0.1) is 16.7 Å². The molecule has 2 rings (SSSR count). The fourth-order valence-corrected chi connectivity index (χ4v) is 2.66. The second kappa shape index (κ2) is 9.81. The van der Waals surface area contributed by atoms with Crippen LogP contribution < -0.4 is 10.6 Å². The van der Waals surface area contributed by atoms with Crippen LogP contribution in [0.15, 0.2) is 18.2 Å². The number of hydrogen-bond donors (Lipinski definition) is 2. The van der Waals surface area contributed by atoms with E-state index in [1.165, 1.54) is 18.2 Å². The molecule has 0 aromatic heterocycles. The Bertz CT molecular complexity index is 834. The molecule has 0 unspecified atom stereocenters. The van der Waals surface area contributed by atoms with Gasteiger partial charge >= 0.3 is 12.0 Å². The molecule has 0 atom stereocenters. The minimum Gasteiger partial charge on any atom is -0.452 e. The first-order chi connectivity index (χ1) is 13.7. The van der Waals surface area contributed by atoms with Gasteiger partial charge in [0, 0.05) is 13.1 Å². The van der Waals surface area contributed by atoms with Gasteiger partial charge in [0.15, 0.2) is 6.61 Å². The number of fused-ring (bicyclic) bond motifs is 1. The Labute approximate surface area is 168 Å². The molecule has 0 saturated heterocycles. The molecular formula is C20H25N3O6. The monoisotopic (exact) mass is 403 g/mol. The van der Waals surface area contributed by atoms with Crippen molar-refractivity contribution in [1.29, 1.82) is 0 Å². The third-order valence-corrected chi connectivity index (χ3v) is 4.20. The van der Waals surface area contributed by atoms with Crippen molar-refractivity contribution in [3.05, 3.63) is 34.9 Å². The molecule has 1 aliphatic heterocycles. The minimum atomic E-state index is -0.835. The third-order valence-electron chi connectivity index (χ3n) is 4.20. The Balaban J connectivity index is 1.94. The van der Waals surface area contributed by atoms with Gasteiger partial charge in [-0.3, -0.25) is 24.6 Å². The molecule has 156 valence electrons. The van der Waals surface area contributed by atoms with E-state index in [1.54, 1.807) is 0 Å². The first-order valence-corrected chi connectivity index (χ1v) is 9.49. The van der Waals surface area contributed by atoms with Crippen LogP contribution >= 0.6 is 0 Å². The minimum absolute atomic E-state index is 0.0410. The molecule has 9 heteroatoms. The van der Waals surface area contributed by atoms with Crippen LogP contribution in [0.25, 0.3) is 0 Å². The molecule has 0 aliphatic carbocycles. The third kappa shape index (κ3) is 5.63. The van der Waals surface area contributed by atoms with Crippen molar-refractivity contribution in [3.8, 4) is 0 Å². The van der Waals surface area contributed by atoms with Crippen LogP contribution in [0.3, 0.4) is 0 Å². The number of nitrogens with zero attached hydrogens (tertiary/aromatic N) is 1. The first-order valence-electron chi connectivity index (χ1n) is 9.49. The number of imide groups is 2. The maximum absolute atomic E-state index is 12.4. The lowest BCUT2D eigenvalue weighted by Gasteiger charge is -2.12. The number of rotatable bonds is 8. The van der Waals surface area contributed by atoms with Gasteiger partial charge in [0.25, 0.3) is 17.7 Å². The van der Waals surface area contributed by atoms with E-state index in [4.69, 9.17) is 4.74 Å². The lowest BCUT2D eigenvalue weighted by molar-refractivity contribution is -0.123. The summed E-state index contributed by atoms with van der Waals surface area (Å²) < 4.78 is 4.89. The van der Waals surface area contributed by atoms with Crippen molar-refractivity contribution in [2.24, 2.45) is 5.92 Å². The van der Waals surface area contributed by atoms with Crippen LogP contribution in [0.1, 0.15) is 64.7 Å². The summed E-state index contributed by atoms with van der Waals surface area (Å²) in [6, 6.07) is 3.38. The van der Waals surface area contributed by atoms with Crippen molar-refractivity contribution in [2.45, 2.75) is 33.6 Å². The van der Waals surface area contributed by atoms with Crippen LogP contribution in [-0.4, -0.2) is 54.3 Å². The van der Waals surface area contributed by atoms with Gasteiger partial charge in [0.1, 0.15) is 0 Å². The lowest BCUT2D eigenvalue weighted by atomic mass is 10.1. The summed E-state index contributed by atoms with van der Waals surface area (Å²) in [5.74, 6) is -2.23. The van der Waals surface area contributed by atoms with Crippen molar-refractivity contribution < 1.29 is 28.7 Å². The fraction of sp³-hybridized carbons (Fsp3) is 0.450. The van der Waals surface area contributed by atoms with Crippen LogP contribution in [-0.2, 0) is 9.53 Å². The number of benzene rings is 1. The molecule has 1 aliphatic rings. The smallest absolute Gasteiger partial charge is 0.338 e. The molecule has 0 spiro atoms. The van der Waals surface area contributed by atoms with E-state index in [2.05, 4.69) is 10.6 Å². The second-order valence-corrected chi connectivity index (χ2v) is 7.10. The number of hydrogen-bond acceptors (Lipinski definition) is 6. The van der Waals surface area contributed by atoms with Gasteiger partial charge in [-0.15, -0.1) is 0 Å². The molecule has 0 bridgehead atoms. The molecule has 0 radical (unpaired) electrons. The quantitative estimate of drug-likeness (QED) is 0.503. The first kappa shape index (κ1) is 22.1. The van der Waals surface area contributed by atoms with Gasteiger partial charge in [-0.25, -0.2) is 9.59 Å². The van der Waals surface area contributed by atoms with Gasteiger partial charge in [-0.2, -0.15) is 0 Å². The Morgan fingerprint density at radius 2 is 1.79 bits per heavy atom. The number of carbonyl (C=O) groups excluding carboxylic acids is 5. The van der Waals surface area contributed by atoms with Crippen molar-refractivity contribution in [3.63, 3.8) is 0 Å². The maximum Gasteiger partial charge on any atom is 0.338 e. The highest BCUT2D eigenvalue weighted by atomic mass is 16.5. The lowest BCUT2D eigenvalue weighted by Crippen LogP contribution is -2.42. The molecule has 1 aromatic rings. The molecule has 5 amide bonds. The maximum atomic E-state index is 12.4. The zero-order chi connectivity index (χ0) is 21.6. The average molecular weight is 403 g/mol. The van der Waals surface area contributed by atoms with E-state index < -0.39 is 30.4 Å². The van der Waals surface area contributed by atoms with E-state index >= 15 is 0 Å². The van der Waals surface area contributed by atoms with Crippen molar-refractivity contribution in [2.75, 3.05) is 19.7 Å². The largest absolute Gasteiger partial charge is 0.452 e. The summed E-state index contributed by atoms with van der Waals surface area (Å²) in [7, 11) is 0. The number of amides is 5. The Kier molecular flexibility index (Phi) is 7.46. The van der Waals surface area contributed by atoms with E-state index in [9.17, 15) is 24.0 Å². The molecule has 1 aromatic carbocycles. The molecule has 2 N–H and O–H groups in total.